The molecule has 2 N–H and O–H groups in total. The number of nitrogen functional groups attached to an aromatic ring is 1. The van der Waals surface area contributed by atoms with Crippen LogP contribution in [-0.4, -0.2) is 13.0 Å². The van der Waals surface area contributed by atoms with Crippen LogP contribution in [0, 0.1) is 0 Å². The third-order valence-corrected chi connectivity index (χ3v) is 3.44. The Balaban J connectivity index is 2.39. The van der Waals surface area contributed by atoms with E-state index in [0.717, 1.165) is 0 Å². The van der Waals surface area contributed by atoms with Crippen LogP contribution in [0.4, 0.5) is 11.4 Å². The lowest BCUT2D eigenvalue weighted by molar-refractivity contribution is 0.0993. The highest BCUT2D eigenvalue weighted by molar-refractivity contribution is 6.35. The summed E-state index contributed by atoms with van der Waals surface area (Å²) >= 11 is 17.7. The molecule has 0 saturated heterocycles. The Labute approximate surface area is 131 Å². The molecule has 2 aromatic carbocycles. The zero-order valence-corrected chi connectivity index (χ0v) is 12.8. The molecule has 0 atom stereocenters. The van der Waals surface area contributed by atoms with Gasteiger partial charge in [-0.3, -0.25) is 4.79 Å². The summed E-state index contributed by atoms with van der Waals surface area (Å²) in [6.45, 7) is 0. The molecular formula is C14H11Cl3N2O. The number of nitrogens with zero attached hydrogens (tertiary/aromatic N) is 1. The number of carbonyl (C=O) groups is 1. The molecule has 0 aliphatic rings. The molecule has 6 heteroatoms. The van der Waals surface area contributed by atoms with E-state index in [1.807, 2.05) is 0 Å². The zero-order chi connectivity index (χ0) is 14.9. The molecule has 2 rings (SSSR count). The smallest absolute Gasteiger partial charge is 0.258 e. The minimum atomic E-state index is -0.275. The van der Waals surface area contributed by atoms with Gasteiger partial charge < -0.3 is 10.6 Å². The van der Waals surface area contributed by atoms with Crippen LogP contribution in [-0.2, 0) is 0 Å². The van der Waals surface area contributed by atoms with Crippen molar-refractivity contribution in [2.45, 2.75) is 0 Å². The van der Waals surface area contributed by atoms with E-state index in [0.29, 0.717) is 32.0 Å². The van der Waals surface area contributed by atoms with Crippen LogP contribution in [0.5, 0.6) is 0 Å². The summed E-state index contributed by atoms with van der Waals surface area (Å²) in [5, 5.41) is 1.29. The van der Waals surface area contributed by atoms with Crippen molar-refractivity contribution in [2.75, 3.05) is 17.7 Å². The van der Waals surface area contributed by atoms with Crippen molar-refractivity contribution in [3.63, 3.8) is 0 Å². The maximum atomic E-state index is 12.4. The molecule has 0 bridgehead atoms. The Morgan fingerprint density at radius 2 is 1.60 bits per heavy atom. The van der Waals surface area contributed by atoms with Gasteiger partial charge in [0.25, 0.3) is 5.91 Å². The van der Waals surface area contributed by atoms with E-state index in [9.17, 15) is 4.79 Å². The molecule has 0 aliphatic heterocycles. The second kappa shape index (κ2) is 5.92. The Morgan fingerprint density at radius 1 is 1.00 bits per heavy atom. The van der Waals surface area contributed by atoms with Crippen molar-refractivity contribution in [3.05, 3.63) is 57.0 Å². The first-order valence-corrected chi connectivity index (χ1v) is 6.81. The summed E-state index contributed by atoms with van der Waals surface area (Å²) in [4.78, 5) is 13.8. The fourth-order valence-corrected chi connectivity index (χ4v) is 2.48. The van der Waals surface area contributed by atoms with Gasteiger partial charge in [-0.2, -0.15) is 0 Å². The quantitative estimate of drug-likeness (QED) is 0.824. The van der Waals surface area contributed by atoms with Gasteiger partial charge in [0.1, 0.15) is 0 Å². The summed E-state index contributed by atoms with van der Waals surface area (Å²) in [5.74, 6) is -0.275. The number of halogens is 3. The fraction of sp³-hybridized carbons (Fsp3) is 0.0714. The molecule has 0 saturated carbocycles. The molecule has 0 spiro atoms. The van der Waals surface area contributed by atoms with E-state index >= 15 is 0 Å². The monoisotopic (exact) mass is 328 g/mol. The molecule has 20 heavy (non-hydrogen) atoms. The van der Waals surface area contributed by atoms with Crippen LogP contribution in [0.25, 0.3) is 0 Å². The molecule has 0 unspecified atom stereocenters. The van der Waals surface area contributed by atoms with Crippen molar-refractivity contribution in [3.8, 4) is 0 Å². The number of hydrogen-bond donors (Lipinski definition) is 1. The highest BCUT2D eigenvalue weighted by atomic mass is 35.5. The van der Waals surface area contributed by atoms with Gasteiger partial charge in [0.2, 0.25) is 0 Å². The minimum absolute atomic E-state index is 0.275. The highest BCUT2D eigenvalue weighted by Crippen LogP contribution is 2.28. The molecule has 0 aliphatic carbocycles. The predicted molar refractivity (Wildman–Crippen MR) is 85.1 cm³/mol. The third-order valence-electron chi connectivity index (χ3n) is 2.77. The van der Waals surface area contributed by atoms with Gasteiger partial charge in [-0.25, -0.2) is 0 Å². The molecule has 0 aromatic heterocycles. The first-order chi connectivity index (χ1) is 9.38. The first-order valence-electron chi connectivity index (χ1n) is 5.67. The van der Waals surface area contributed by atoms with Gasteiger partial charge >= 0.3 is 0 Å². The van der Waals surface area contributed by atoms with Gasteiger partial charge in [-0.05, 0) is 36.4 Å². The normalized spacial score (nSPS) is 10.4. The van der Waals surface area contributed by atoms with E-state index in [1.165, 1.54) is 4.90 Å². The van der Waals surface area contributed by atoms with E-state index in [2.05, 4.69) is 0 Å². The average Bonchev–Trinajstić information content (AvgIpc) is 2.38. The van der Waals surface area contributed by atoms with Crippen molar-refractivity contribution in [1.29, 1.82) is 0 Å². The number of hydrogen-bond acceptors (Lipinski definition) is 2. The molecule has 1 amide bonds. The van der Waals surface area contributed by atoms with Crippen LogP contribution >= 0.6 is 34.8 Å². The van der Waals surface area contributed by atoms with Crippen LogP contribution in [0.3, 0.4) is 0 Å². The van der Waals surface area contributed by atoms with Crippen LogP contribution < -0.4 is 10.6 Å². The summed E-state index contributed by atoms with van der Waals surface area (Å²) in [7, 11) is 1.61. The van der Waals surface area contributed by atoms with E-state index < -0.39 is 0 Å². The van der Waals surface area contributed by atoms with Gasteiger partial charge in [-0.1, -0.05) is 34.8 Å². The van der Waals surface area contributed by atoms with Crippen molar-refractivity contribution >= 4 is 52.1 Å². The van der Waals surface area contributed by atoms with Crippen LogP contribution in [0.15, 0.2) is 36.4 Å². The molecule has 3 nitrogen and oxygen atoms in total. The Morgan fingerprint density at radius 3 is 2.20 bits per heavy atom. The number of rotatable bonds is 2. The standard InChI is InChI=1S/C14H11Cl3N2O/c1-19(13-7-9(15)2-3-12(13)18)14(20)8-4-10(16)6-11(17)5-8/h2-7H,18H2,1H3. The highest BCUT2D eigenvalue weighted by Gasteiger charge is 2.17. The largest absolute Gasteiger partial charge is 0.397 e. The second-order valence-corrected chi connectivity index (χ2v) is 5.53. The summed E-state index contributed by atoms with van der Waals surface area (Å²) in [6, 6.07) is 9.59. The number of nitrogens with two attached hydrogens (primary N) is 1. The summed E-state index contributed by atoms with van der Waals surface area (Å²) in [6.07, 6.45) is 0. The fourth-order valence-electron chi connectivity index (χ4n) is 1.79. The Bertz CT molecular complexity index is 653. The average molecular weight is 330 g/mol. The van der Waals surface area contributed by atoms with E-state index in [-0.39, 0.29) is 5.91 Å². The third kappa shape index (κ3) is 3.18. The first kappa shape index (κ1) is 15.0. The Hall–Kier alpha value is -1.42. The van der Waals surface area contributed by atoms with Gasteiger partial charge in [0.15, 0.2) is 0 Å². The predicted octanol–water partition coefficient (Wildman–Crippen LogP) is 4.51. The summed E-state index contributed by atoms with van der Waals surface area (Å²) < 4.78 is 0. The van der Waals surface area contributed by atoms with Crippen LogP contribution in [0.2, 0.25) is 15.1 Å². The molecular weight excluding hydrogens is 319 g/mol. The van der Waals surface area contributed by atoms with E-state index in [1.54, 1.807) is 43.4 Å². The lowest BCUT2D eigenvalue weighted by Gasteiger charge is -2.19. The molecule has 104 valence electrons. The molecule has 0 radical (unpaired) electrons. The van der Waals surface area contributed by atoms with Gasteiger partial charge in [0, 0.05) is 27.7 Å². The zero-order valence-electron chi connectivity index (χ0n) is 10.5. The second-order valence-electron chi connectivity index (χ2n) is 4.23. The number of anilines is 2. The SMILES string of the molecule is CN(C(=O)c1cc(Cl)cc(Cl)c1)c1cc(Cl)ccc1N. The van der Waals surface area contributed by atoms with Gasteiger partial charge in [-0.15, -0.1) is 0 Å². The Kier molecular flexibility index (Phi) is 4.43. The van der Waals surface area contributed by atoms with Crippen LogP contribution in [0.1, 0.15) is 10.4 Å². The molecule has 0 heterocycles. The lowest BCUT2D eigenvalue weighted by atomic mass is 10.1. The molecule has 2 aromatic rings. The number of benzene rings is 2. The topological polar surface area (TPSA) is 46.3 Å². The molecule has 0 fully saturated rings. The van der Waals surface area contributed by atoms with Crippen molar-refractivity contribution in [2.24, 2.45) is 0 Å². The van der Waals surface area contributed by atoms with E-state index in [4.69, 9.17) is 40.5 Å². The minimum Gasteiger partial charge on any atom is -0.397 e. The lowest BCUT2D eigenvalue weighted by Crippen LogP contribution is -2.27. The number of amides is 1. The van der Waals surface area contributed by atoms with Gasteiger partial charge in [0.05, 0.1) is 11.4 Å². The maximum Gasteiger partial charge on any atom is 0.258 e. The number of carbonyl (C=O) groups excluding carboxylic acids is 1. The van der Waals surface area contributed by atoms with Crippen molar-refractivity contribution in [1.82, 2.24) is 0 Å². The maximum absolute atomic E-state index is 12.4. The van der Waals surface area contributed by atoms with Crippen molar-refractivity contribution < 1.29 is 4.79 Å². The summed E-state index contributed by atoms with van der Waals surface area (Å²) in [5.41, 5.74) is 7.22.